The highest BCUT2D eigenvalue weighted by atomic mass is 79.9. The van der Waals surface area contributed by atoms with Gasteiger partial charge in [0, 0.05) is 30.6 Å². The Morgan fingerprint density at radius 3 is 2.57 bits per heavy atom. The molecule has 0 spiro atoms. The van der Waals surface area contributed by atoms with Crippen molar-refractivity contribution in [1.29, 1.82) is 0 Å². The quantitative estimate of drug-likeness (QED) is 0.393. The van der Waals surface area contributed by atoms with Gasteiger partial charge in [0.2, 0.25) is 5.91 Å². The molecule has 1 aromatic carbocycles. The van der Waals surface area contributed by atoms with Gasteiger partial charge in [-0.1, -0.05) is 22.0 Å². The third-order valence-corrected chi connectivity index (χ3v) is 9.24. The van der Waals surface area contributed by atoms with E-state index >= 15 is 0 Å². The van der Waals surface area contributed by atoms with Crippen molar-refractivity contribution >= 4 is 31.7 Å². The van der Waals surface area contributed by atoms with Gasteiger partial charge in [-0.3, -0.25) is 4.79 Å². The van der Waals surface area contributed by atoms with Crippen LogP contribution in [0.3, 0.4) is 0 Å². The Morgan fingerprint density at radius 2 is 1.93 bits per heavy atom. The van der Waals surface area contributed by atoms with Crippen molar-refractivity contribution < 1.29 is 17.9 Å². The van der Waals surface area contributed by atoms with Gasteiger partial charge in [0.25, 0.3) is 0 Å². The molecule has 0 saturated heterocycles. The fraction of sp³-hybridized carbons (Fsp3) is 0.696. The first-order chi connectivity index (χ1) is 14.1. The second-order valence-electron chi connectivity index (χ2n) is 10.1. The van der Waals surface area contributed by atoms with E-state index < -0.39 is 9.84 Å². The van der Waals surface area contributed by atoms with Gasteiger partial charge < -0.3 is 9.64 Å². The van der Waals surface area contributed by atoms with Crippen molar-refractivity contribution in [2.24, 2.45) is 17.3 Å². The van der Waals surface area contributed by atoms with Crippen LogP contribution >= 0.6 is 15.9 Å². The molecule has 166 valence electrons. The minimum atomic E-state index is -3.24. The van der Waals surface area contributed by atoms with E-state index in [4.69, 9.17) is 4.74 Å². The highest BCUT2D eigenvalue weighted by molar-refractivity contribution is 9.10. The number of rotatable bonds is 8. The van der Waals surface area contributed by atoms with E-state index in [-0.39, 0.29) is 20.5 Å². The minimum absolute atomic E-state index is 0.196. The SMILES string of the molecule is CN(CCCOc1cccc(S(C)(=O)=O)c1)C(=O)CC12CC3CC(CC(Br)(C3)C1)C2. The summed E-state index contributed by atoms with van der Waals surface area (Å²) in [4.78, 5) is 15.1. The van der Waals surface area contributed by atoms with Crippen LogP contribution in [-0.2, 0) is 14.6 Å². The van der Waals surface area contributed by atoms with E-state index in [1.54, 1.807) is 24.3 Å². The fourth-order valence-corrected chi connectivity index (χ4v) is 8.58. The molecule has 1 aromatic rings. The minimum Gasteiger partial charge on any atom is -0.493 e. The first kappa shape index (κ1) is 22.1. The zero-order valence-corrected chi connectivity index (χ0v) is 20.3. The standard InChI is InChI=1S/C23H32BrNO4S/c1-25(7-4-8-29-19-5-3-6-20(10-19)30(2,27)28)21(26)15-22-11-17-9-18(12-22)14-23(24,13-17)16-22/h3,5-6,10,17-18H,4,7-9,11-16H2,1-2H3. The number of ether oxygens (including phenoxy) is 1. The van der Waals surface area contributed by atoms with Crippen LogP contribution in [0.15, 0.2) is 29.2 Å². The Hall–Kier alpha value is -1.08. The van der Waals surface area contributed by atoms with Crippen molar-refractivity contribution in [3.63, 3.8) is 0 Å². The number of amides is 1. The van der Waals surface area contributed by atoms with Crippen LogP contribution in [0.5, 0.6) is 5.75 Å². The molecule has 4 bridgehead atoms. The number of carbonyl (C=O) groups excluding carboxylic acids is 1. The average molecular weight is 498 g/mol. The van der Waals surface area contributed by atoms with Crippen molar-refractivity contribution in [2.45, 2.75) is 60.6 Å². The van der Waals surface area contributed by atoms with E-state index in [1.807, 2.05) is 11.9 Å². The summed E-state index contributed by atoms with van der Waals surface area (Å²) in [6.45, 7) is 1.09. The van der Waals surface area contributed by atoms with E-state index in [0.29, 0.717) is 31.7 Å². The normalized spacial score (nSPS) is 32.2. The van der Waals surface area contributed by atoms with Gasteiger partial charge in [-0.2, -0.15) is 0 Å². The number of hydrogen-bond acceptors (Lipinski definition) is 4. The number of carbonyl (C=O) groups is 1. The number of benzene rings is 1. The summed E-state index contributed by atoms with van der Waals surface area (Å²) in [6.07, 6.45) is 10.1. The van der Waals surface area contributed by atoms with E-state index in [1.165, 1.54) is 38.4 Å². The van der Waals surface area contributed by atoms with Crippen molar-refractivity contribution in [1.82, 2.24) is 4.90 Å². The summed E-state index contributed by atoms with van der Waals surface area (Å²) < 4.78 is 29.3. The Balaban J connectivity index is 1.25. The van der Waals surface area contributed by atoms with Crippen LogP contribution in [0.2, 0.25) is 0 Å². The monoisotopic (exact) mass is 497 g/mol. The summed E-state index contributed by atoms with van der Waals surface area (Å²) in [5.41, 5.74) is 0.196. The third-order valence-electron chi connectivity index (χ3n) is 7.20. The molecule has 2 atom stereocenters. The van der Waals surface area contributed by atoms with Crippen LogP contribution < -0.4 is 4.74 Å². The lowest BCUT2D eigenvalue weighted by molar-refractivity contribution is -0.137. The van der Waals surface area contributed by atoms with Gasteiger partial charge in [-0.05, 0) is 80.4 Å². The van der Waals surface area contributed by atoms with Gasteiger partial charge >= 0.3 is 0 Å². The molecule has 0 N–H and O–H groups in total. The predicted molar refractivity (Wildman–Crippen MR) is 121 cm³/mol. The molecule has 4 fully saturated rings. The van der Waals surface area contributed by atoms with Crippen LogP contribution in [0.4, 0.5) is 0 Å². The third kappa shape index (κ3) is 4.87. The molecule has 4 aliphatic rings. The maximum atomic E-state index is 13.0. The summed E-state index contributed by atoms with van der Waals surface area (Å²) in [6, 6.07) is 6.56. The zero-order chi connectivity index (χ0) is 21.6. The molecule has 0 radical (unpaired) electrons. The number of halogens is 1. The largest absolute Gasteiger partial charge is 0.493 e. The Kier molecular flexibility index (Phi) is 5.99. The van der Waals surface area contributed by atoms with Crippen LogP contribution in [0, 0.1) is 17.3 Å². The molecule has 4 saturated carbocycles. The Morgan fingerprint density at radius 1 is 1.23 bits per heavy atom. The molecular formula is C23H32BrNO4S. The number of sulfone groups is 1. The summed E-state index contributed by atoms with van der Waals surface area (Å²) in [5.74, 6) is 2.37. The van der Waals surface area contributed by atoms with Gasteiger partial charge in [0.1, 0.15) is 5.75 Å². The van der Waals surface area contributed by atoms with Gasteiger partial charge in [0.05, 0.1) is 11.5 Å². The lowest BCUT2D eigenvalue weighted by Crippen LogP contribution is -2.54. The van der Waals surface area contributed by atoms with E-state index in [9.17, 15) is 13.2 Å². The summed E-state index contributed by atoms with van der Waals surface area (Å²) in [5, 5.41) is 0. The van der Waals surface area contributed by atoms with Crippen LogP contribution in [-0.4, -0.2) is 50.0 Å². The van der Waals surface area contributed by atoms with Crippen molar-refractivity contribution in [2.75, 3.05) is 26.5 Å². The lowest BCUT2D eigenvalue weighted by atomic mass is 9.48. The number of nitrogens with zero attached hydrogens (tertiary/aromatic N) is 1. The fourth-order valence-electron chi connectivity index (χ4n) is 6.41. The lowest BCUT2D eigenvalue weighted by Gasteiger charge is -2.60. The van der Waals surface area contributed by atoms with Crippen LogP contribution in [0.1, 0.15) is 51.4 Å². The Bertz CT molecular complexity index is 902. The molecule has 7 heteroatoms. The molecule has 4 aliphatic carbocycles. The Labute approximate surface area is 188 Å². The highest BCUT2D eigenvalue weighted by Gasteiger charge is 2.57. The van der Waals surface area contributed by atoms with Crippen molar-refractivity contribution in [3.8, 4) is 5.75 Å². The maximum Gasteiger partial charge on any atom is 0.222 e. The van der Waals surface area contributed by atoms with Gasteiger partial charge in [-0.15, -0.1) is 0 Å². The van der Waals surface area contributed by atoms with Gasteiger partial charge in [-0.25, -0.2) is 8.42 Å². The molecule has 0 heterocycles. The average Bonchev–Trinajstić information content (AvgIpc) is 2.62. The first-order valence-corrected chi connectivity index (χ1v) is 13.6. The van der Waals surface area contributed by atoms with Crippen LogP contribution in [0.25, 0.3) is 0 Å². The summed E-state index contributed by atoms with van der Waals surface area (Å²) >= 11 is 4.03. The van der Waals surface area contributed by atoms with Crippen molar-refractivity contribution in [3.05, 3.63) is 24.3 Å². The smallest absolute Gasteiger partial charge is 0.222 e. The number of hydrogen-bond donors (Lipinski definition) is 0. The maximum absolute atomic E-state index is 13.0. The topological polar surface area (TPSA) is 63.7 Å². The molecule has 0 aromatic heterocycles. The number of alkyl halides is 1. The molecular weight excluding hydrogens is 466 g/mol. The van der Waals surface area contributed by atoms with E-state index in [2.05, 4.69) is 15.9 Å². The van der Waals surface area contributed by atoms with Gasteiger partial charge in [0.15, 0.2) is 9.84 Å². The predicted octanol–water partition coefficient (Wildman–Crippen LogP) is 4.44. The molecule has 5 nitrogen and oxygen atoms in total. The molecule has 0 aliphatic heterocycles. The molecule has 5 rings (SSSR count). The van der Waals surface area contributed by atoms with E-state index in [0.717, 1.165) is 18.3 Å². The second-order valence-corrected chi connectivity index (χ2v) is 13.8. The molecule has 30 heavy (non-hydrogen) atoms. The highest BCUT2D eigenvalue weighted by Crippen LogP contribution is 2.65. The first-order valence-electron chi connectivity index (χ1n) is 10.9. The summed E-state index contributed by atoms with van der Waals surface area (Å²) in [7, 11) is -1.36. The molecule has 2 unspecified atom stereocenters. The zero-order valence-electron chi connectivity index (χ0n) is 17.9. The second kappa shape index (κ2) is 8.12. The molecule has 1 amide bonds.